The molecule has 1 aliphatic heterocycles. The summed E-state index contributed by atoms with van der Waals surface area (Å²) in [5.41, 5.74) is 0. The van der Waals surface area contributed by atoms with Gasteiger partial charge in [0, 0.05) is 19.5 Å². The number of primary sulfonamides is 1. The molecule has 6 heteroatoms. The summed E-state index contributed by atoms with van der Waals surface area (Å²) in [6, 6.07) is 0. The van der Waals surface area contributed by atoms with Crippen LogP contribution in [0.25, 0.3) is 0 Å². The van der Waals surface area contributed by atoms with Gasteiger partial charge in [-0.25, -0.2) is 13.6 Å². The van der Waals surface area contributed by atoms with E-state index in [2.05, 4.69) is 6.92 Å². The maximum absolute atomic E-state index is 11.5. The van der Waals surface area contributed by atoms with Gasteiger partial charge in [0.05, 0.1) is 0 Å². The van der Waals surface area contributed by atoms with Crippen LogP contribution in [0.4, 0.5) is 0 Å². The molecule has 0 spiro atoms. The predicted octanol–water partition coefficient (Wildman–Crippen LogP) is 0.456. The SMILES string of the molecule is CCCCCCN1CC(S(N)(=O)=O)CC1=O. The molecule has 0 saturated carbocycles. The first-order valence-electron chi connectivity index (χ1n) is 5.74. The molecule has 0 aromatic heterocycles. The minimum Gasteiger partial charge on any atom is -0.341 e. The van der Waals surface area contributed by atoms with Gasteiger partial charge < -0.3 is 4.90 Å². The molecule has 1 rings (SSSR count). The highest BCUT2D eigenvalue weighted by atomic mass is 32.2. The highest BCUT2D eigenvalue weighted by Gasteiger charge is 2.35. The zero-order chi connectivity index (χ0) is 12.2. The van der Waals surface area contributed by atoms with Crippen molar-refractivity contribution in [3.8, 4) is 0 Å². The van der Waals surface area contributed by atoms with Crippen molar-refractivity contribution in [3.63, 3.8) is 0 Å². The zero-order valence-electron chi connectivity index (χ0n) is 9.68. The summed E-state index contributed by atoms with van der Waals surface area (Å²) in [6.45, 7) is 3.05. The standard InChI is InChI=1S/C10H20N2O3S/c1-2-3-4-5-6-12-8-9(7-10(12)13)16(11,14)15/h9H,2-8H2,1H3,(H2,11,14,15). The lowest BCUT2D eigenvalue weighted by Crippen LogP contribution is -2.32. The van der Waals surface area contributed by atoms with E-state index in [0.29, 0.717) is 6.54 Å². The second-order valence-electron chi connectivity index (χ2n) is 4.32. The molecular weight excluding hydrogens is 228 g/mol. The van der Waals surface area contributed by atoms with Crippen molar-refractivity contribution < 1.29 is 13.2 Å². The summed E-state index contributed by atoms with van der Waals surface area (Å²) in [7, 11) is -3.57. The van der Waals surface area contributed by atoms with E-state index >= 15 is 0 Å². The van der Waals surface area contributed by atoms with Crippen molar-refractivity contribution in [1.29, 1.82) is 0 Å². The minimum atomic E-state index is -3.57. The van der Waals surface area contributed by atoms with Gasteiger partial charge >= 0.3 is 0 Å². The van der Waals surface area contributed by atoms with Crippen LogP contribution in [0.2, 0.25) is 0 Å². The smallest absolute Gasteiger partial charge is 0.224 e. The van der Waals surface area contributed by atoms with Crippen LogP contribution >= 0.6 is 0 Å². The molecule has 0 aliphatic carbocycles. The van der Waals surface area contributed by atoms with Gasteiger partial charge in [-0.15, -0.1) is 0 Å². The Balaban J connectivity index is 2.37. The summed E-state index contributed by atoms with van der Waals surface area (Å²) in [5.74, 6) is -0.0875. The van der Waals surface area contributed by atoms with Crippen molar-refractivity contribution in [2.75, 3.05) is 13.1 Å². The van der Waals surface area contributed by atoms with Crippen LogP contribution in [0.5, 0.6) is 0 Å². The molecule has 1 heterocycles. The molecule has 16 heavy (non-hydrogen) atoms. The van der Waals surface area contributed by atoms with Crippen LogP contribution in [0, 0.1) is 0 Å². The van der Waals surface area contributed by atoms with Gasteiger partial charge in [-0.05, 0) is 6.42 Å². The molecule has 0 aromatic carbocycles. The maximum Gasteiger partial charge on any atom is 0.224 e. The van der Waals surface area contributed by atoms with Gasteiger partial charge in [0.25, 0.3) is 0 Å². The Hall–Kier alpha value is -0.620. The number of hydrogen-bond donors (Lipinski definition) is 1. The number of rotatable bonds is 6. The minimum absolute atomic E-state index is 0.0482. The summed E-state index contributed by atoms with van der Waals surface area (Å²) in [4.78, 5) is 13.1. The number of carbonyl (C=O) groups excluding carboxylic acids is 1. The Morgan fingerprint density at radius 2 is 2.06 bits per heavy atom. The molecule has 1 aliphatic rings. The lowest BCUT2D eigenvalue weighted by atomic mass is 10.2. The van der Waals surface area contributed by atoms with E-state index in [4.69, 9.17) is 5.14 Å². The third-order valence-corrected chi connectivity index (χ3v) is 4.17. The lowest BCUT2D eigenvalue weighted by Gasteiger charge is -2.15. The molecule has 0 radical (unpaired) electrons. The monoisotopic (exact) mass is 248 g/mol. The van der Waals surface area contributed by atoms with Crippen LogP contribution in [0.15, 0.2) is 0 Å². The molecule has 1 saturated heterocycles. The van der Waals surface area contributed by atoms with E-state index in [1.807, 2.05) is 0 Å². The van der Waals surface area contributed by atoms with Gasteiger partial charge in [-0.2, -0.15) is 0 Å². The van der Waals surface area contributed by atoms with E-state index in [0.717, 1.165) is 25.7 Å². The molecule has 2 N–H and O–H groups in total. The first-order valence-corrected chi connectivity index (χ1v) is 7.35. The third-order valence-electron chi connectivity index (χ3n) is 2.93. The number of sulfonamides is 1. The van der Waals surface area contributed by atoms with E-state index in [1.165, 1.54) is 0 Å². The zero-order valence-corrected chi connectivity index (χ0v) is 10.5. The number of carbonyl (C=O) groups is 1. The quantitative estimate of drug-likeness (QED) is 0.693. The number of unbranched alkanes of at least 4 members (excludes halogenated alkanes) is 3. The van der Waals surface area contributed by atoms with Crippen LogP contribution in [-0.2, 0) is 14.8 Å². The van der Waals surface area contributed by atoms with Gasteiger partial charge in [-0.1, -0.05) is 26.2 Å². The van der Waals surface area contributed by atoms with Gasteiger partial charge in [0.15, 0.2) is 0 Å². The topological polar surface area (TPSA) is 80.5 Å². The highest BCUT2D eigenvalue weighted by molar-refractivity contribution is 7.89. The number of nitrogens with two attached hydrogens (primary N) is 1. The normalized spacial score (nSPS) is 21.8. The number of hydrogen-bond acceptors (Lipinski definition) is 3. The molecular formula is C10H20N2O3S. The van der Waals surface area contributed by atoms with Crippen LogP contribution in [0.3, 0.4) is 0 Å². The number of amides is 1. The number of nitrogens with zero attached hydrogens (tertiary/aromatic N) is 1. The highest BCUT2D eigenvalue weighted by Crippen LogP contribution is 2.17. The second kappa shape index (κ2) is 5.63. The van der Waals surface area contributed by atoms with Crippen LogP contribution < -0.4 is 5.14 Å². The van der Waals surface area contributed by atoms with Crippen molar-refractivity contribution in [1.82, 2.24) is 4.90 Å². The average Bonchev–Trinajstić information content (AvgIpc) is 2.55. The largest absolute Gasteiger partial charge is 0.341 e. The summed E-state index contributed by atoms with van der Waals surface area (Å²) in [5, 5.41) is 4.33. The average molecular weight is 248 g/mol. The Morgan fingerprint density at radius 1 is 1.38 bits per heavy atom. The molecule has 0 aromatic rings. The molecule has 1 amide bonds. The van der Waals surface area contributed by atoms with E-state index < -0.39 is 15.3 Å². The van der Waals surface area contributed by atoms with Crippen molar-refractivity contribution in [2.45, 2.75) is 44.3 Å². The van der Waals surface area contributed by atoms with Crippen molar-refractivity contribution in [2.24, 2.45) is 5.14 Å². The lowest BCUT2D eigenvalue weighted by molar-refractivity contribution is -0.127. The second-order valence-corrected chi connectivity index (χ2v) is 6.16. The van der Waals surface area contributed by atoms with Gasteiger partial charge in [0.1, 0.15) is 5.25 Å². The molecule has 0 bridgehead atoms. The molecule has 1 fully saturated rings. The fourth-order valence-corrected chi connectivity index (χ4v) is 2.66. The fourth-order valence-electron chi connectivity index (χ4n) is 1.90. The Labute approximate surface area is 97.0 Å². The van der Waals surface area contributed by atoms with Crippen molar-refractivity contribution in [3.05, 3.63) is 0 Å². The van der Waals surface area contributed by atoms with Gasteiger partial charge in [0.2, 0.25) is 15.9 Å². The summed E-state index contributed by atoms with van der Waals surface area (Å²) >= 11 is 0. The molecule has 5 nitrogen and oxygen atoms in total. The first kappa shape index (κ1) is 13.4. The van der Waals surface area contributed by atoms with E-state index in [1.54, 1.807) is 4.90 Å². The first-order chi connectivity index (χ1) is 7.45. The molecule has 1 unspecified atom stereocenters. The fraction of sp³-hybridized carbons (Fsp3) is 0.900. The summed E-state index contributed by atoms with van der Waals surface area (Å²) < 4.78 is 22.2. The van der Waals surface area contributed by atoms with Crippen LogP contribution in [0.1, 0.15) is 39.0 Å². The van der Waals surface area contributed by atoms with Crippen molar-refractivity contribution >= 4 is 15.9 Å². The Bertz CT molecular complexity index is 340. The summed E-state index contributed by atoms with van der Waals surface area (Å²) in [6.07, 6.45) is 4.37. The van der Waals surface area contributed by atoms with E-state index in [9.17, 15) is 13.2 Å². The Morgan fingerprint density at radius 3 is 2.56 bits per heavy atom. The maximum atomic E-state index is 11.5. The third kappa shape index (κ3) is 3.75. The molecule has 94 valence electrons. The number of likely N-dealkylation sites (tertiary alicyclic amines) is 1. The van der Waals surface area contributed by atoms with E-state index in [-0.39, 0.29) is 18.9 Å². The van der Waals surface area contributed by atoms with Gasteiger partial charge in [-0.3, -0.25) is 4.79 Å². The van der Waals surface area contributed by atoms with Crippen LogP contribution in [-0.4, -0.2) is 37.6 Å². The molecule has 1 atom stereocenters. The Kier molecular flexibility index (Phi) is 4.73. The predicted molar refractivity (Wildman–Crippen MR) is 62.2 cm³/mol.